The van der Waals surface area contributed by atoms with Gasteiger partial charge in [0, 0.05) is 11.0 Å². The Kier molecular flexibility index (Phi) is 3.77. The van der Waals surface area contributed by atoms with Crippen LogP contribution in [0.1, 0.15) is 17.5 Å². The molecule has 0 aliphatic carbocycles. The standard InChI is InChI=1S/C12H14BrNO3S/c1-9-7-11(13)4-3-10(9)8-12(15)14-5-2-6-18(14,16)17/h3-4,7H,2,5-6,8H2,1H3. The van der Waals surface area contributed by atoms with E-state index >= 15 is 0 Å². The number of halogens is 1. The molecular weight excluding hydrogens is 318 g/mol. The van der Waals surface area contributed by atoms with Crippen molar-refractivity contribution in [3.05, 3.63) is 33.8 Å². The summed E-state index contributed by atoms with van der Waals surface area (Å²) in [6, 6.07) is 5.62. The van der Waals surface area contributed by atoms with Gasteiger partial charge in [-0.3, -0.25) is 4.79 Å². The third-order valence-corrected chi connectivity index (χ3v) is 5.38. The number of carbonyl (C=O) groups excluding carboxylic acids is 1. The number of amides is 1. The van der Waals surface area contributed by atoms with Gasteiger partial charge in [-0.2, -0.15) is 0 Å². The van der Waals surface area contributed by atoms with E-state index < -0.39 is 10.0 Å². The molecule has 0 bridgehead atoms. The molecule has 18 heavy (non-hydrogen) atoms. The molecule has 0 saturated carbocycles. The van der Waals surface area contributed by atoms with Gasteiger partial charge in [-0.05, 0) is 36.6 Å². The minimum absolute atomic E-state index is 0.0814. The van der Waals surface area contributed by atoms with E-state index in [4.69, 9.17) is 0 Å². The van der Waals surface area contributed by atoms with E-state index in [0.29, 0.717) is 13.0 Å². The van der Waals surface area contributed by atoms with Gasteiger partial charge < -0.3 is 0 Å². The first-order valence-corrected chi connectivity index (χ1v) is 8.08. The highest BCUT2D eigenvalue weighted by Crippen LogP contribution is 2.19. The molecule has 1 aliphatic rings. The summed E-state index contributed by atoms with van der Waals surface area (Å²) >= 11 is 3.36. The first-order chi connectivity index (χ1) is 8.40. The van der Waals surface area contributed by atoms with Gasteiger partial charge in [0.1, 0.15) is 0 Å². The molecule has 1 aromatic rings. The molecule has 4 nitrogen and oxygen atoms in total. The van der Waals surface area contributed by atoms with E-state index in [9.17, 15) is 13.2 Å². The molecule has 0 spiro atoms. The van der Waals surface area contributed by atoms with E-state index in [0.717, 1.165) is 19.9 Å². The fraction of sp³-hybridized carbons (Fsp3) is 0.417. The summed E-state index contributed by atoms with van der Waals surface area (Å²) in [5.41, 5.74) is 1.85. The number of benzene rings is 1. The van der Waals surface area contributed by atoms with Crippen molar-refractivity contribution >= 4 is 31.9 Å². The van der Waals surface area contributed by atoms with Gasteiger partial charge in [-0.1, -0.05) is 22.0 Å². The average molecular weight is 332 g/mol. The van der Waals surface area contributed by atoms with Crippen LogP contribution < -0.4 is 0 Å². The molecule has 0 radical (unpaired) electrons. The Balaban J connectivity index is 2.17. The highest BCUT2D eigenvalue weighted by atomic mass is 79.9. The smallest absolute Gasteiger partial charge is 0.240 e. The van der Waals surface area contributed by atoms with Gasteiger partial charge in [0.15, 0.2) is 0 Å². The normalized spacial score (nSPS) is 18.0. The zero-order chi connectivity index (χ0) is 13.3. The van der Waals surface area contributed by atoms with Crippen molar-refractivity contribution in [1.29, 1.82) is 0 Å². The quantitative estimate of drug-likeness (QED) is 0.831. The summed E-state index contributed by atoms with van der Waals surface area (Å²) < 4.78 is 25.2. The van der Waals surface area contributed by atoms with E-state index in [1.807, 2.05) is 25.1 Å². The molecule has 6 heteroatoms. The largest absolute Gasteiger partial charge is 0.273 e. The van der Waals surface area contributed by atoms with Crippen molar-refractivity contribution < 1.29 is 13.2 Å². The third kappa shape index (κ3) is 2.75. The lowest BCUT2D eigenvalue weighted by molar-refractivity contribution is -0.125. The van der Waals surface area contributed by atoms with E-state index in [2.05, 4.69) is 15.9 Å². The highest BCUT2D eigenvalue weighted by Gasteiger charge is 2.32. The molecule has 0 unspecified atom stereocenters. The summed E-state index contributed by atoms with van der Waals surface area (Å²) in [5.74, 6) is -0.254. The lowest BCUT2D eigenvalue weighted by Crippen LogP contribution is -2.33. The molecular formula is C12H14BrNO3S. The van der Waals surface area contributed by atoms with Gasteiger partial charge in [-0.15, -0.1) is 0 Å². The summed E-state index contributed by atoms with van der Waals surface area (Å²) in [4.78, 5) is 12.0. The fourth-order valence-electron chi connectivity index (χ4n) is 2.03. The SMILES string of the molecule is Cc1cc(Br)ccc1CC(=O)N1CCCS1(=O)=O. The molecule has 0 atom stereocenters. The zero-order valence-electron chi connectivity index (χ0n) is 10.0. The Morgan fingerprint density at radius 2 is 2.17 bits per heavy atom. The maximum atomic E-state index is 12.0. The second-order valence-corrected chi connectivity index (χ2v) is 7.31. The maximum absolute atomic E-state index is 12.0. The zero-order valence-corrected chi connectivity index (χ0v) is 12.4. The molecule has 1 fully saturated rings. The molecule has 1 amide bonds. The van der Waals surface area contributed by atoms with Gasteiger partial charge >= 0.3 is 0 Å². The number of nitrogens with zero attached hydrogens (tertiary/aromatic N) is 1. The Labute approximate surface area is 115 Å². The van der Waals surface area contributed by atoms with Crippen molar-refractivity contribution in [2.75, 3.05) is 12.3 Å². The predicted octanol–water partition coefficient (Wildman–Crippen LogP) is 1.86. The lowest BCUT2D eigenvalue weighted by atomic mass is 10.1. The number of aryl methyl sites for hydroxylation is 1. The Morgan fingerprint density at radius 3 is 2.72 bits per heavy atom. The molecule has 1 heterocycles. The molecule has 2 rings (SSSR count). The molecule has 0 aromatic heterocycles. The van der Waals surface area contributed by atoms with Crippen LogP contribution in [0.5, 0.6) is 0 Å². The first kappa shape index (κ1) is 13.5. The minimum Gasteiger partial charge on any atom is -0.273 e. The van der Waals surface area contributed by atoms with Crippen LogP contribution in [0.25, 0.3) is 0 Å². The van der Waals surface area contributed by atoms with Crippen molar-refractivity contribution in [2.24, 2.45) is 0 Å². The van der Waals surface area contributed by atoms with Crippen LogP contribution in [-0.4, -0.2) is 30.9 Å². The van der Waals surface area contributed by atoms with Crippen LogP contribution >= 0.6 is 15.9 Å². The Hall–Kier alpha value is -0.880. The molecule has 98 valence electrons. The number of hydrogen-bond donors (Lipinski definition) is 0. The number of carbonyl (C=O) groups is 1. The minimum atomic E-state index is -3.35. The van der Waals surface area contributed by atoms with E-state index in [-0.39, 0.29) is 18.1 Å². The number of hydrogen-bond acceptors (Lipinski definition) is 3. The van der Waals surface area contributed by atoms with Crippen LogP contribution in [0.15, 0.2) is 22.7 Å². The first-order valence-electron chi connectivity index (χ1n) is 5.68. The summed E-state index contributed by atoms with van der Waals surface area (Å²) in [7, 11) is -3.35. The summed E-state index contributed by atoms with van der Waals surface area (Å²) in [6.07, 6.45) is 0.672. The van der Waals surface area contributed by atoms with Crippen LogP contribution in [0, 0.1) is 6.92 Å². The van der Waals surface area contributed by atoms with Gasteiger partial charge in [0.25, 0.3) is 0 Å². The third-order valence-electron chi connectivity index (χ3n) is 3.02. The van der Waals surface area contributed by atoms with E-state index in [1.54, 1.807) is 0 Å². The number of sulfonamides is 1. The van der Waals surface area contributed by atoms with Crippen molar-refractivity contribution in [3.8, 4) is 0 Å². The average Bonchev–Trinajstić information content (AvgIpc) is 2.62. The molecule has 1 aromatic carbocycles. The predicted molar refractivity (Wildman–Crippen MR) is 72.7 cm³/mol. The number of rotatable bonds is 2. The maximum Gasteiger partial charge on any atom is 0.240 e. The topological polar surface area (TPSA) is 54.5 Å². The van der Waals surface area contributed by atoms with E-state index in [1.165, 1.54) is 0 Å². The summed E-state index contributed by atoms with van der Waals surface area (Å²) in [6.45, 7) is 2.22. The second-order valence-electron chi connectivity index (χ2n) is 4.38. The van der Waals surface area contributed by atoms with Gasteiger partial charge in [0.2, 0.25) is 15.9 Å². The van der Waals surface area contributed by atoms with Crippen LogP contribution in [0.4, 0.5) is 0 Å². The molecule has 1 saturated heterocycles. The van der Waals surface area contributed by atoms with Crippen molar-refractivity contribution in [2.45, 2.75) is 19.8 Å². The Morgan fingerprint density at radius 1 is 1.44 bits per heavy atom. The van der Waals surface area contributed by atoms with Crippen molar-refractivity contribution in [3.63, 3.8) is 0 Å². The van der Waals surface area contributed by atoms with Gasteiger partial charge in [0.05, 0.1) is 12.2 Å². The van der Waals surface area contributed by atoms with Crippen LogP contribution in [0.2, 0.25) is 0 Å². The second kappa shape index (κ2) is 5.01. The van der Waals surface area contributed by atoms with Gasteiger partial charge in [-0.25, -0.2) is 12.7 Å². The lowest BCUT2D eigenvalue weighted by Gasteiger charge is -2.15. The van der Waals surface area contributed by atoms with Crippen LogP contribution in [-0.2, 0) is 21.2 Å². The monoisotopic (exact) mass is 331 g/mol. The summed E-state index contributed by atoms with van der Waals surface area (Å²) in [5, 5.41) is 0. The van der Waals surface area contributed by atoms with Crippen LogP contribution in [0.3, 0.4) is 0 Å². The Bertz CT molecular complexity index is 583. The highest BCUT2D eigenvalue weighted by molar-refractivity contribution is 9.10. The molecule has 0 N–H and O–H groups in total. The van der Waals surface area contributed by atoms with Crippen molar-refractivity contribution in [1.82, 2.24) is 4.31 Å². The molecule has 1 aliphatic heterocycles. The fourth-order valence-corrected chi connectivity index (χ4v) is 4.00.